The molecule has 0 fully saturated rings. The smallest absolute Gasteiger partial charge is 0.143 e. The molecule has 4 rings (SSSR count). The summed E-state index contributed by atoms with van der Waals surface area (Å²) in [5, 5.41) is 2.39. The number of hydrogen-bond donors (Lipinski definition) is 0. The van der Waals surface area contributed by atoms with E-state index in [-0.39, 0.29) is 0 Å². The van der Waals surface area contributed by atoms with E-state index in [0.29, 0.717) is 0 Å². The summed E-state index contributed by atoms with van der Waals surface area (Å²) in [5.41, 5.74) is 8.13. The SMILES string of the molecule is Cc1cc(C)cc(-c2cccc3c2oc2ccc(C)cc23)c1. The Balaban J connectivity index is 2.08. The Bertz CT molecular complexity index is 985. The van der Waals surface area contributed by atoms with Crippen LogP contribution in [0.2, 0.25) is 0 Å². The third kappa shape index (κ3) is 2.01. The highest BCUT2D eigenvalue weighted by Crippen LogP contribution is 2.36. The van der Waals surface area contributed by atoms with Gasteiger partial charge in [0.2, 0.25) is 0 Å². The van der Waals surface area contributed by atoms with E-state index in [4.69, 9.17) is 4.42 Å². The average Bonchev–Trinajstić information content (AvgIpc) is 2.84. The first-order valence-electron chi connectivity index (χ1n) is 7.62. The van der Waals surface area contributed by atoms with Gasteiger partial charge in [0.15, 0.2) is 0 Å². The molecule has 1 nitrogen and oxygen atoms in total. The first kappa shape index (κ1) is 13.1. The Morgan fingerprint density at radius 3 is 2.23 bits per heavy atom. The van der Waals surface area contributed by atoms with Crippen molar-refractivity contribution in [2.45, 2.75) is 20.8 Å². The Hall–Kier alpha value is -2.54. The molecule has 0 saturated carbocycles. The van der Waals surface area contributed by atoms with Gasteiger partial charge in [0, 0.05) is 16.3 Å². The zero-order valence-corrected chi connectivity index (χ0v) is 13.1. The van der Waals surface area contributed by atoms with Crippen molar-refractivity contribution >= 4 is 21.9 Å². The van der Waals surface area contributed by atoms with Gasteiger partial charge in [0.25, 0.3) is 0 Å². The standard InChI is InChI=1S/C21H18O/c1-13-7-8-20-19(12-13)18-6-4-5-17(21(18)22-20)16-10-14(2)9-15(3)11-16/h4-12H,1-3H3. The van der Waals surface area contributed by atoms with Crippen LogP contribution >= 0.6 is 0 Å². The average molecular weight is 286 g/mol. The second-order valence-corrected chi connectivity index (χ2v) is 6.16. The summed E-state index contributed by atoms with van der Waals surface area (Å²) in [6.45, 7) is 6.39. The second kappa shape index (κ2) is 4.74. The van der Waals surface area contributed by atoms with Crippen LogP contribution in [-0.2, 0) is 0 Å². The number of rotatable bonds is 1. The van der Waals surface area contributed by atoms with Crippen LogP contribution in [-0.4, -0.2) is 0 Å². The van der Waals surface area contributed by atoms with Crippen molar-refractivity contribution < 1.29 is 4.42 Å². The van der Waals surface area contributed by atoms with Crippen LogP contribution in [0.15, 0.2) is 59.0 Å². The van der Waals surface area contributed by atoms with E-state index < -0.39 is 0 Å². The van der Waals surface area contributed by atoms with Crippen molar-refractivity contribution in [1.82, 2.24) is 0 Å². The van der Waals surface area contributed by atoms with Crippen LogP contribution in [0.5, 0.6) is 0 Å². The molecule has 0 saturated heterocycles. The van der Waals surface area contributed by atoms with E-state index in [1.165, 1.54) is 33.0 Å². The number of furan rings is 1. The van der Waals surface area contributed by atoms with Crippen molar-refractivity contribution in [2.75, 3.05) is 0 Å². The zero-order chi connectivity index (χ0) is 15.3. The molecule has 0 aliphatic rings. The van der Waals surface area contributed by atoms with Crippen LogP contribution in [0.3, 0.4) is 0 Å². The number of hydrogen-bond acceptors (Lipinski definition) is 1. The quantitative estimate of drug-likeness (QED) is 0.407. The van der Waals surface area contributed by atoms with E-state index in [1.807, 2.05) is 0 Å². The van der Waals surface area contributed by atoms with Crippen LogP contribution < -0.4 is 0 Å². The lowest BCUT2D eigenvalue weighted by atomic mass is 9.98. The molecule has 1 heterocycles. The molecule has 4 aromatic rings. The molecule has 0 aliphatic carbocycles. The summed E-state index contributed by atoms with van der Waals surface area (Å²) in [6.07, 6.45) is 0. The molecule has 108 valence electrons. The first-order valence-corrected chi connectivity index (χ1v) is 7.62. The van der Waals surface area contributed by atoms with Crippen molar-refractivity contribution in [2.24, 2.45) is 0 Å². The summed E-state index contributed by atoms with van der Waals surface area (Å²) in [6, 6.07) is 19.4. The Kier molecular flexibility index (Phi) is 2.83. The molecule has 0 radical (unpaired) electrons. The van der Waals surface area contributed by atoms with Gasteiger partial charge in [-0.1, -0.05) is 59.2 Å². The third-order valence-electron chi connectivity index (χ3n) is 4.18. The van der Waals surface area contributed by atoms with Gasteiger partial charge in [-0.05, 0) is 38.5 Å². The van der Waals surface area contributed by atoms with Crippen LogP contribution in [0.25, 0.3) is 33.1 Å². The normalized spacial score (nSPS) is 11.4. The molecule has 0 amide bonds. The molecule has 22 heavy (non-hydrogen) atoms. The van der Waals surface area contributed by atoms with Gasteiger partial charge in [-0.3, -0.25) is 0 Å². The molecule has 0 aliphatic heterocycles. The monoisotopic (exact) mass is 286 g/mol. The van der Waals surface area contributed by atoms with Gasteiger partial charge in [-0.15, -0.1) is 0 Å². The number of para-hydroxylation sites is 1. The van der Waals surface area contributed by atoms with E-state index >= 15 is 0 Å². The van der Waals surface area contributed by atoms with Gasteiger partial charge >= 0.3 is 0 Å². The van der Waals surface area contributed by atoms with Gasteiger partial charge in [-0.25, -0.2) is 0 Å². The highest BCUT2D eigenvalue weighted by atomic mass is 16.3. The fourth-order valence-electron chi connectivity index (χ4n) is 3.27. The Labute approximate surface area is 130 Å². The Morgan fingerprint density at radius 2 is 1.45 bits per heavy atom. The molecule has 0 unspecified atom stereocenters. The van der Waals surface area contributed by atoms with Crippen molar-refractivity contribution in [3.8, 4) is 11.1 Å². The van der Waals surface area contributed by atoms with Crippen LogP contribution in [0.1, 0.15) is 16.7 Å². The summed E-state index contributed by atoms with van der Waals surface area (Å²) in [7, 11) is 0. The first-order chi connectivity index (χ1) is 10.6. The van der Waals surface area contributed by atoms with Crippen molar-refractivity contribution in [3.05, 3.63) is 71.3 Å². The lowest BCUT2D eigenvalue weighted by Gasteiger charge is -2.06. The lowest BCUT2D eigenvalue weighted by molar-refractivity contribution is 0.670. The minimum atomic E-state index is 0.956. The fraction of sp³-hybridized carbons (Fsp3) is 0.143. The minimum Gasteiger partial charge on any atom is -0.455 e. The zero-order valence-electron chi connectivity index (χ0n) is 13.1. The maximum Gasteiger partial charge on any atom is 0.143 e. The van der Waals surface area contributed by atoms with E-state index in [0.717, 1.165) is 16.7 Å². The molecule has 0 spiro atoms. The molecule has 3 aromatic carbocycles. The molecular weight excluding hydrogens is 268 g/mol. The van der Waals surface area contributed by atoms with Gasteiger partial charge in [-0.2, -0.15) is 0 Å². The van der Waals surface area contributed by atoms with Crippen molar-refractivity contribution in [3.63, 3.8) is 0 Å². The third-order valence-corrected chi connectivity index (χ3v) is 4.18. The van der Waals surface area contributed by atoms with Gasteiger partial charge in [0.05, 0.1) is 0 Å². The van der Waals surface area contributed by atoms with Gasteiger partial charge < -0.3 is 4.42 Å². The maximum atomic E-state index is 6.17. The van der Waals surface area contributed by atoms with E-state index in [2.05, 4.69) is 75.4 Å². The number of benzene rings is 3. The number of fused-ring (bicyclic) bond motifs is 3. The van der Waals surface area contributed by atoms with Crippen LogP contribution in [0.4, 0.5) is 0 Å². The summed E-state index contributed by atoms with van der Waals surface area (Å²) in [5.74, 6) is 0. The summed E-state index contributed by atoms with van der Waals surface area (Å²) >= 11 is 0. The summed E-state index contributed by atoms with van der Waals surface area (Å²) < 4.78 is 6.17. The fourth-order valence-corrected chi connectivity index (χ4v) is 3.27. The van der Waals surface area contributed by atoms with Crippen molar-refractivity contribution in [1.29, 1.82) is 0 Å². The highest BCUT2D eigenvalue weighted by Gasteiger charge is 2.12. The molecular formula is C21H18O. The summed E-state index contributed by atoms with van der Waals surface area (Å²) in [4.78, 5) is 0. The highest BCUT2D eigenvalue weighted by molar-refractivity contribution is 6.09. The number of aryl methyl sites for hydroxylation is 3. The Morgan fingerprint density at radius 1 is 0.682 bits per heavy atom. The predicted octanol–water partition coefficient (Wildman–Crippen LogP) is 6.18. The van der Waals surface area contributed by atoms with E-state index in [9.17, 15) is 0 Å². The van der Waals surface area contributed by atoms with E-state index in [1.54, 1.807) is 0 Å². The molecule has 0 N–H and O–H groups in total. The largest absolute Gasteiger partial charge is 0.455 e. The van der Waals surface area contributed by atoms with Crippen LogP contribution in [0, 0.1) is 20.8 Å². The lowest BCUT2D eigenvalue weighted by Crippen LogP contribution is -1.83. The molecule has 1 aromatic heterocycles. The predicted molar refractivity (Wildman–Crippen MR) is 93.4 cm³/mol. The molecule has 0 atom stereocenters. The topological polar surface area (TPSA) is 13.1 Å². The molecule has 1 heteroatoms. The molecule has 0 bridgehead atoms. The maximum absolute atomic E-state index is 6.17. The van der Waals surface area contributed by atoms with Gasteiger partial charge in [0.1, 0.15) is 11.2 Å². The second-order valence-electron chi connectivity index (χ2n) is 6.16. The minimum absolute atomic E-state index is 0.956.